The van der Waals surface area contributed by atoms with E-state index in [9.17, 15) is 13.2 Å². The molecule has 1 N–H and O–H groups in total. The minimum Gasteiger partial charge on any atom is -0.309 e. The highest BCUT2D eigenvalue weighted by Gasteiger charge is 2.33. The third kappa shape index (κ3) is 4.24. The van der Waals surface area contributed by atoms with E-state index in [4.69, 9.17) is 11.6 Å². The smallest absolute Gasteiger partial charge is 0.309 e. The molecule has 7 heteroatoms. The van der Waals surface area contributed by atoms with Gasteiger partial charge in [0.2, 0.25) is 0 Å². The van der Waals surface area contributed by atoms with Crippen LogP contribution in [0, 0.1) is 0 Å². The molecule has 0 amide bonds. The first-order valence-electron chi connectivity index (χ1n) is 4.58. The summed E-state index contributed by atoms with van der Waals surface area (Å²) >= 11 is 10.2. The number of alkyl halides is 3. The van der Waals surface area contributed by atoms with Gasteiger partial charge in [-0.05, 0) is 28.5 Å². The minimum absolute atomic E-state index is 0.449. The second-order valence-corrected chi connectivity index (χ2v) is 6.01. The van der Waals surface area contributed by atoms with E-state index in [1.54, 1.807) is 13.0 Å². The minimum atomic E-state index is -4.18. The maximum Gasteiger partial charge on any atom is 0.390 e. The van der Waals surface area contributed by atoms with Gasteiger partial charge in [0, 0.05) is 4.88 Å². The van der Waals surface area contributed by atoms with Crippen molar-refractivity contribution >= 4 is 38.9 Å². The number of thiophene rings is 1. The number of nitrogens with one attached hydrogen (secondary N) is 1. The number of hydrogen-bond donors (Lipinski definition) is 1. The third-order valence-electron chi connectivity index (χ3n) is 1.89. The quantitative estimate of drug-likeness (QED) is 0.835. The van der Waals surface area contributed by atoms with Crippen LogP contribution >= 0.6 is 38.9 Å². The van der Waals surface area contributed by atoms with E-state index in [1.165, 1.54) is 11.3 Å². The Morgan fingerprint density at radius 2 is 2.19 bits per heavy atom. The normalized spacial score (nSPS) is 14.1. The van der Waals surface area contributed by atoms with E-state index in [2.05, 4.69) is 21.2 Å². The first kappa shape index (κ1) is 14.3. The van der Waals surface area contributed by atoms with Crippen LogP contribution in [-0.4, -0.2) is 12.7 Å². The lowest BCUT2D eigenvalue weighted by Crippen LogP contribution is -2.25. The summed E-state index contributed by atoms with van der Waals surface area (Å²) in [4.78, 5) is 0.594. The maximum atomic E-state index is 12.3. The van der Waals surface area contributed by atoms with E-state index < -0.39 is 18.6 Å². The van der Waals surface area contributed by atoms with Crippen LogP contribution in [0.2, 0.25) is 5.02 Å². The zero-order valence-corrected chi connectivity index (χ0v) is 11.5. The first-order chi connectivity index (χ1) is 7.33. The highest BCUT2D eigenvalue weighted by atomic mass is 79.9. The largest absolute Gasteiger partial charge is 0.390 e. The molecule has 1 aromatic rings. The second kappa shape index (κ2) is 5.71. The van der Waals surface area contributed by atoms with Crippen LogP contribution in [0.4, 0.5) is 13.2 Å². The fourth-order valence-corrected chi connectivity index (χ4v) is 3.11. The molecule has 0 fully saturated rings. The molecule has 1 nitrogen and oxygen atoms in total. The van der Waals surface area contributed by atoms with E-state index in [0.29, 0.717) is 20.2 Å². The predicted molar refractivity (Wildman–Crippen MR) is 64.1 cm³/mol. The van der Waals surface area contributed by atoms with E-state index >= 15 is 0 Å². The van der Waals surface area contributed by atoms with E-state index in [-0.39, 0.29) is 0 Å². The molecular formula is C9H10BrClF3NS. The molecule has 0 radical (unpaired) electrons. The van der Waals surface area contributed by atoms with Crippen molar-refractivity contribution in [3.63, 3.8) is 0 Å². The second-order valence-electron chi connectivity index (χ2n) is 3.20. The van der Waals surface area contributed by atoms with Gasteiger partial charge in [-0.1, -0.05) is 18.5 Å². The Balaban J connectivity index is 2.85. The van der Waals surface area contributed by atoms with Crippen molar-refractivity contribution in [2.24, 2.45) is 0 Å². The van der Waals surface area contributed by atoms with Gasteiger partial charge < -0.3 is 5.32 Å². The summed E-state index contributed by atoms with van der Waals surface area (Å²) in [5, 5.41) is 3.26. The maximum absolute atomic E-state index is 12.3. The van der Waals surface area contributed by atoms with Gasteiger partial charge in [-0.15, -0.1) is 11.3 Å². The third-order valence-corrected chi connectivity index (χ3v) is 4.48. The summed E-state index contributed by atoms with van der Waals surface area (Å²) in [5.74, 6) is 0. The number of rotatable bonds is 4. The average Bonchev–Trinajstić information content (AvgIpc) is 2.44. The molecule has 1 aromatic heterocycles. The monoisotopic (exact) mass is 335 g/mol. The molecule has 0 spiro atoms. The molecule has 0 aromatic carbocycles. The van der Waals surface area contributed by atoms with Gasteiger partial charge in [0.05, 0.1) is 21.3 Å². The van der Waals surface area contributed by atoms with Gasteiger partial charge in [0.1, 0.15) is 0 Å². The van der Waals surface area contributed by atoms with Crippen molar-refractivity contribution in [3.8, 4) is 0 Å². The van der Waals surface area contributed by atoms with Crippen LogP contribution in [0.3, 0.4) is 0 Å². The van der Waals surface area contributed by atoms with Gasteiger partial charge in [-0.3, -0.25) is 0 Å². The summed E-state index contributed by atoms with van der Waals surface area (Å²) in [6, 6.07) is 0.842. The molecule has 0 aliphatic heterocycles. The van der Waals surface area contributed by atoms with E-state index in [1.807, 2.05) is 0 Å². The number of halogens is 5. The molecular weight excluding hydrogens is 327 g/mol. The molecule has 0 aliphatic rings. The zero-order chi connectivity index (χ0) is 12.3. The Morgan fingerprint density at radius 3 is 2.56 bits per heavy atom. The van der Waals surface area contributed by atoms with Gasteiger partial charge in [0.15, 0.2) is 0 Å². The number of hydrogen-bond acceptors (Lipinski definition) is 2. The van der Waals surface area contributed by atoms with E-state index in [0.717, 1.165) is 0 Å². The van der Waals surface area contributed by atoms with Crippen molar-refractivity contribution in [1.29, 1.82) is 0 Å². The van der Waals surface area contributed by atoms with Crippen LogP contribution in [0.25, 0.3) is 0 Å². The van der Waals surface area contributed by atoms with Gasteiger partial charge >= 0.3 is 6.18 Å². The summed E-state index contributed by atoms with van der Waals surface area (Å²) in [7, 11) is 0. The van der Waals surface area contributed by atoms with Gasteiger partial charge in [0.25, 0.3) is 0 Å². The van der Waals surface area contributed by atoms with Crippen LogP contribution in [0.1, 0.15) is 24.3 Å². The Labute approximate surface area is 109 Å². The van der Waals surface area contributed by atoms with Crippen LogP contribution in [-0.2, 0) is 0 Å². The predicted octanol–water partition coefficient (Wildman–Crippen LogP) is 4.77. The molecule has 1 heterocycles. The topological polar surface area (TPSA) is 12.0 Å². The summed E-state index contributed by atoms with van der Waals surface area (Å²) in [6.45, 7) is 2.25. The Bertz CT molecular complexity index is 334. The summed E-state index contributed by atoms with van der Waals surface area (Å²) < 4.78 is 37.7. The Morgan fingerprint density at radius 1 is 1.56 bits per heavy atom. The van der Waals surface area contributed by atoms with Crippen LogP contribution in [0.5, 0.6) is 0 Å². The van der Waals surface area contributed by atoms with Crippen LogP contribution in [0.15, 0.2) is 9.85 Å². The highest BCUT2D eigenvalue weighted by Crippen LogP contribution is 2.38. The molecule has 0 saturated carbocycles. The van der Waals surface area contributed by atoms with Gasteiger partial charge in [-0.2, -0.15) is 13.2 Å². The fourth-order valence-electron chi connectivity index (χ4n) is 1.29. The molecule has 1 rings (SSSR count). The fraction of sp³-hybridized carbons (Fsp3) is 0.556. The molecule has 0 bridgehead atoms. The van der Waals surface area contributed by atoms with Gasteiger partial charge in [-0.25, -0.2) is 0 Å². The average molecular weight is 337 g/mol. The van der Waals surface area contributed by atoms with Crippen molar-refractivity contribution in [1.82, 2.24) is 5.32 Å². The molecule has 1 unspecified atom stereocenters. The molecule has 0 aliphatic carbocycles. The molecule has 0 saturated heterocycles. The van der Waals surface area contributed by atoms with Crippen molar-refractivity contribution < 1.29 is 13.2 Å². The lowest BCUT2D eigenvalue weighted by atomic mass is 10.1. The molecule has 92 valence electrons. The SMILES string of the molecule is CCNC(CC(F)(F)F)c1cc(Cl)c(Br)s1. The lowest BCUT2D eigenvalue weighted by Gasteiger charge is -2.17. The molecule has 16 heavy (non-hydrogen) atoms. The Hall–Kier alpha value is 0.220. The first-order valence-corrected chi connectivity index (χ1v) is 6.57. The van der Waals surface area contributed by atoms with Crippen molar-refractivity contribution in [2.45, 2.75) is 25.6 Å². The highest BCUT2D eigenvalue weighted by molar-refractivity contribution is 9.11. The Kier molecular flexibility index (Phi) is 5.10. The molecule has 1 atom stereocenters. The van der Waals surface area contributed by atoms with Crippen molar-refractivity contribution in [2.75, 3.05) is 6.54 Å². The summed E-state index contributed by atoms with van der Waals surface area (Å²) in [5.41, 5.74) is 0. The standard InChI is InChI=1S/C9H10BrClF3NS/c1-2-15-6(4-9(12,13)14)7-3-5(11)8(10)16-7/h3,6,15H,2,4H2,1H3. The lowest BCUT2D eigenvalue weighted by molar-refractivity contribution is -0.140. The van der Waals surface area contributed by atoms with Crippen LogP contribution < -0.4 is 5.32 Å². The zero-order valence-electron chi connectivity index (χ0n) is 8.37. The summed E-state index contributed by atoms with van der Waals surface area (Å²) in [6.07, 6.45) is -5.07. The van der Waals surface area contributed by atoms with Crippen molar-refractivity contribution in [3.05, 3.63) is 19.8 Å².